The standard InChI is InChI=1S/C36H49N9O11/c37-19-8-7-14-26(42-33(51)28(16-17-29(46)47)41-22-30(48)56-23-25-12-5-2-6-13-25)32(50)35(53)43-27(15-9-20-40-36(38)44-45(54)55)31(49)34(52)39-21-18-24-10-3-1-4-11-24/h1-6,10-13,26-28,41H,7-9,14-23,37H2,(H,39,52)(H,42,51)(H,43,53)(H,46,47)(H3,38,40,44)/t26-,27?,28-/m0/s1. The van der Waals surface area contributed by atoms with Gasteiger partial charge in [-0.25, -0.2) is 15.1 Å². The number of esters is 1. The van der Waals surface area contributed by atoms with E-state index in [1.165, 1.54) is 0 Å². The number of Topliss-reactive ketones (excluding diaryl/α,β-unsaturated/α-hetero) is 2. The number of carboxylic acids is 1. The highest BCUT2D eigenvalue weighted by molar-refractivity contribution is 6.42. The van der Waals surface area contributed by atoms with Gasteiger partial charge in [0.15, 0.2) is 5.03 Å². The number of nitrogens with two attached hydrogens (primary N) is 2. The summed E-state index contributed by atoms with van der Waals surface area (Å²) in [5.41, 5.74) is 14.3. The van der Waals surface area contributed by atoms with E-state index in [0.717, 1.165) is 5.56 Å². The lowest BCUT2D eigenvalue weighted by atomic mass is 10.0. The van der Waals surface area contributed by atoms with Crippen molar-refractivity contribution < 1.29 is 48.4 Å². The van der Waals surface area contributed by atoms with Gasteiger partial charge in [0, 0.05) is 19.5 Å². The number of aliphatic carboxylic acids is 1. The first-order valence-corrected chi connectivity index (χ1v) is 17.9. The van der Waals surface area contributed by atoms with Crippen molar-refractivity contribution in [3.05, 3.63) is 81.9 Å². The normalized spacial score (nSPS) is 12.6. The van der Waals surface area contributed by atoms with Crippen LogP contribution in [0.15, 0.2) is 65.7 Å². The average Bonchev–Trinajstić information content (AvgIpc) is 3.17. The maximum atomic E-state index is 13.6. The van der Waals surface area contributed by atoms with Crippen molar-refractivity contribution in [2.24, 2.45) is 16.5 Å². The lowest BCUT2D eigenvalue weighted by Crippen LogP contribution is -2.56. The van der Waals surface area contributed by atoms with Gasteiger partial charge in [-0.2, -0.15) is 0 Å². The fourth-order valence-corrected chi connectivity index (χ4v) is 5.11. The van der Waals surface area contributed by atoms with Crippen LogP contribution in [0.5, 0.6) is 0 Å². The van der Waals surface area contributed by atoms with Gasteiger partial charge in [0.1, 0.15) is 6.61 Å². The summed E-state index contributed by atoms with van der Waals surface area (Å²) in [6.07, 6.45) is 0.00504. The number of hydrogen-bond donors (Lipinski definition) is 8. The van der Waals surface area contributed by atoms with Crippen LogP contribution in [-0.2, 0) is 51.3 Å². The van der Waals surface area contributed by atoms with Crippen LogP contribution in [0.2, 0.25) is 0 Å². The van der Waals surface area contributed by atoms with Crippen molar-refractivity contribution in [1.82, 2.24) is 26.7 Å². The Kier molecular flexibility index (Phi) is 21.0. The summed E-state index contributed by atoms with van der Waals surface area (Å²) in [6, 6.07) is 13.6. The molecule has 0 fully saturated rings. The summed E-state index contributed by atoms with van der Waals surface area (Å²) in [6.45, 7) is -0.364. The minimum atomic E-state index is -1.55. The van der Waals surface area contributed by atoms with Crippen LogP contribution in [0.4, 0.5) is 0 Å². The second kappa shape index (κ2) is 25.7. The number of ketones is 2. The number of amides is 3. The van der Waals surface area contributed by atoms with Gasteiger partial charge in [0.25, 0.3) is 17.8 Å². The number of nitrogens with zero attached hydrogens (tertiary/aromatic N) is 2. The van der Waals surface area contributed by atoms with Crippen molar-refractivity contribution in [1.29, 1.82) is 0 Å². The van der Waals surface area contributed by atoms with E-state index in [1.807, 2.05) is 30.3 Å². The molecule has 0 aliphatic carbocycles. The highest BCUT2D eigenvalue weighted by Crippen LogP contribution is 2.08. The maximum absolute atomic E-state index is 13.6. The Balaban J connectivity index is 2.18. The van der Waals surface area contributed by atoms with E-state index in [9.17, 15) is 48.8 Å². The Labute approximate surface area is 322 Å². The molecular weight excluding hydrogens is 734 g/mol. The molecule has 2 rings (SSSR count). The van der Waals surface area contributed by atoms with E-state index in [4.69, 9.17) is 16.2 Å². The van der Waals surface area contributed by atoms with E-state index in [2.05, 4.69) is 26.3 Å². The summed E-state index contributed by atoms with van der Waals surface area (Å²) in [4.78, 5) is 105. The molecule has 20 heteroatoms. The van der Waals surface area contributed by atoms with Crippen LogP contribution >= 0.6 is 0 Å². The van der Waals surface area contributed by atoms with Gasteiger partial charge >= 0.3 is 11.9 Å². The van der Waals surface area contributed by atoms with Crippen LogP contribution in [0.1, 0.15) is 56.1 Å². The van der Waals surface area contributed by atoms with Crippen molar-refractivity contribution in [2.75, 3.05) is 26.2 Å². The van der Waals surface area contributed by atoms with Crippen LogP contribution in [0.3, 0.4) is 0 Å². The number of nitrogens with one attached hydrogen (secondary N) is 5. The molecule has 3 amide bonds. The average molecular weight is 784 g/mol. The fourth-order valence-electron chi connectivity index (χ4n) is 5.11. The van der Waals surface area contributed by atoms with E-state index in [-0.39, 0.29) is 58.3 Å². The molecule has 3 atom stereocenters. The highest BCUT2D eigenvalue weighted by atomic mass is 16.7. The van der Waals surface area contributed by atoms with Crippen LogP contribution < -0.4 is 38.2 Å². The molecule has 0 spiro atoms. The van der Waals surface area contributed by atoms with Gasteiger partial charge in [0.05, 0.1) is 24.7 Å². The van der Waals surface area contributed by atoms with E-state index in [1.54, 1.807) is 35.8 Å². The predicted molar refractivity (Wildman–Crippen MR) is 201 cm³/mol. The third-order valence-corrected chi connectivity index (χ3v) is 8.03. The second-order valence-electron chi connectivity index (χ2n) is 12.4. The molecule has 0 aliphatic heterocycles. The first-order valence-electron chi connectivity index (χ1n) is 17.9. The molecule has 1 unspecified atom stereocenters. The minimum absolute atomic E-state index is 0.0103. The predicted octanol–water partition coefficient (Wildman–Crippen LogP) is -0.975. The molecule has 304 valence electrons. The first kappa shape index (κ1) is 45.9. The van der Waals surface area contributed by atoms with Crippen molar-refractivity contribution >= 4 is 47.2 Å². The second-order valence-corrected chi connectivity index (χ2v) is 12.4. The third kappa shape index (κ3) is 18.7. The topological polar surface area (TPSA) is 317 Å². The quantitative estimate of drug-likeness (QED) is 0.0103. The molecule has 0 aliphatic rings. The lowest BCUT2D eigenvalue weighted by Gasteiger charge is -2.23. The molecule has 56 heavy (non-hydrogen) atoms. The number of aliphatic imine (C=N–C) groups is 1. The highest BCUT2D eigenvalue weighted by Gasteiger charge is 2.33. The van der Waals surface area contributed by atoms with Crippen LogP contribution in [0, 0.1) is 10.1 Å². The maximum Gasteiger partial charge on any atom is 0.320 e. The number of carbonyl (C=O) groups excluding carboxylic acids is 6. The minimum Gasteiger partial charge on any atom is -0.481 e. The van der Waals surface area contributed by atoms with Crippen molar-refractivity contribution in [3.8, 4) is 0 Å². The molecule has 2 aromatic carbocycles. The Morgan fingerprint density at radius 1 is 0.804 bits per heavy atom. The summed E-state index contributed by atoms with van der Waals surface area (Å²) in [5.74, 6) is -7.98. The van der Waals surface area contributed by atoms with Gasteiger partial charge in [-0.05, 0) is 62.6 Å². The largest absolute Gasteiger partial charge is 0.481 e. The van der Waals surface area contributed by atoms with Crippen LogP contribution in [-0.4, -0.2) is 102 Å². The Hall–Kier alpha value is -6.28. The molecule has 0 bridgehead atoms. The SMILES string of the molecule is NCCCC[C@H](NC(=O)[C@H](CCC(=O)O)NCC(=O)OCc1ccccc1)C(=O)C(=O)NC(CCCN=C(N)N[N+](=O)[O-])C(=O)C(=O)NCCc1ccccc1. The molecular formula is C36H49N9O11. The Morgan fingerprint density at radius 2 is 1.41 bits per heavy atom. The molecule has 0 aromatic heterocycles. The van der Waals surface area contributed by atoms with Gasteiger partial charge in [-0.15, -0.1) is 0 Å². The number of hydrogen-bond acceptors (Lipinski definition) is 13. The van der Waals surface area contributed by atoms with E-state index in [0.29, 0.717) is 18.4 Å². The Morgan fingerprint density at radius 3 is 2.04 bits per heavy atom. The number of ether oxygens (including phenoxy) is 1. The number of rotatable bonds is 27. The number of benzene rings is 2. The van der Waals surface area contributed by atoms with Crippen molar-refractivity contribution in [2.45, 2.75) is 76.1 Å². The molecule has 2 aromatic rings. The van der Waals surface area contributed by atoms with Gasteiger partial charge in [-0.1, -0.05) is 66.1 Å². The van der Waals surface area contributed by atoms with Crippen LogP contribution in [0.25, 0.3) is 0 Å². The molecule has 20 nitrogen and oxygen atoms in total. The first-order chi connectivity index (χ1) is 26.8. The Bertz CT molecular complexity index is 1660. The number of unbranched alkanes of at least 4 members (excludes halogenated alkanes) is 1. The van der Waals surface area contributed by atoms with Crippen molar-refractivity contribution in [3.63, 3.8) is 0 Å². The van der Waals surface area contributed by atoms with E-state index >= 15 is 0 Å². The molecule has 0 saturated carbocycles. The molecule has 0 radical (unpaired) electrons. The zero-order valence-electron chi connectivity index (χ0n) is 30.8. The molecule has 10 N–H and O–H groups in total. The third-order valence-electron chi connectivity index (χ3n) is 8.03. The van der Waals surface area contributed by atoms with Gasteiger partial charge in [0.2, 0.25) is 17.5 Å². The zero-order valence-corrected chi connectivity index (χ0v) is 30.8. The summed E-state index contributed by atoms with van der Waals surface area (Å²) in [5, 5.41) is 28.8. The fraction of sp³-hybridized carbons (Fsp3) is 0.444. The van der Waals surface area contributed by atoms with Gasteiger partial charge < -0.3 is 37.3 Å². The lowest BCUT2D eigenvalue weighted by molar-refractivity contribution is -0.525. The molecule has 0 heterocycles. The monoisotopic (exact) mass is 783 g/mol. The number of carbonyl (C=O) groups is 7. The molecule has 0 saturated heterocycles. The smallest absolute Gasteiger partial charge is 0.320 e. The van der Waals surface area contributed by atoms with E-state index < -0.39 is 83.3 Å². The number of guanidine groups is 1. The summed E-state index contributed by atoms with van der Waals surface area (Å²) in [7, 11) is 0. The van der Waals surface area contributed by atoms with Gasteiger partial charge in [-0.3, -0.25) is 38.9 Å². The number of nitro groups is 1. The summed E-state index contributed by atoms with van der Waals surface area (Å²) < 4.78 is 5.21. The summed E-state index contributed by atoms with van der Waals surface area (Å²) >= 11 is 0. The number of carboxylic acid groups (broad SMARTS) is 1. The number of hydrazine groups is 1. The zero-order chi connectivity index (χ0) is 41.3.